The molecule has 0 unspecified atom stereocenters. The molecule has 0 aliphatic rings. The van der Waals surface area contributed by atoms with Crippen molar-refractivity contribution in [1.82, 2.24) is 15.8 Å². The van der Waals surface area contributed by atoms with E-state index in [1.165, 1.54) is 34.8 Å². The topological polar surface area (TPSA) is 71.1 Å². The number of carbonyl (C=O) groups is 2. The van der Waals surface area contributed by atoms with Crippen LogP contribution in [-0.4, -0.2) is 16.8 Å². The highest BCUT2D eigenvalue weighted by molar-refractivity contribution is 7.20. The van der Waals surface area contributed by atoms with Gasteiger partial charge in [-0.1, -0.05) is 18.2 Å². The second-order valence-corrected chi connectivity index (χ2v) is 8.86. The van der Waals surface area contributed by atoms with Gasteiger partial charge in [-0.3, -0.25) is 20.4 Å². The number of thiazole rings is 1. The van der Waals surface area contributed by atoms with Gasteiger partial charge in [-0.05, 0) is 41.3 Å². The summed E-state index contributed by atoms with van der Waals surface area (Å²) < 4.78 is 13.0. The number of rotatable bonds is 5. The highest BCUT2D eigenvalue weighted by Gasteiger charge is 2.13. The molecular weight excluding hydrogens is 429 g/mol. The van der Waals surface area contributed by atoms with Crippen molar-refractivity contribution >= 4 is 45.8 Å². The molecule has 29 heavy (non-hydrogen) atoms. The molecule has 0 aliphatic heterocycles. The average Bonchev–Trinajstić information content (AvgIpc) is 3.47. The molecule has 9 heteroatoms. The van der Waals surface area contributed by atoms with Gasteiger partial charge in [-0.2, -0.15) is 0 Å². The van der Waals surface area contributed by atoms with Gasteiger partial charge >= 0.3 is 0 Å². The third-order valence-electron chi connectivity index (χ3n) is 3.90. The Morgan fingerprint density at radius 1 is 0.966 bits per heavy atom. The number of thiophene rings is 2. The Kier molecular flexibility index (Phi) is 5.79. The highest BCUT2D eigenvalue weighted by Crippen LogP contribution is 2.29. The van der Waals surface area contributed by atoms with Crippen LogP contribution in [0, 0.1) is 5.82 Å². The number of carbonyl (C=O) groups excluding carboxylic acids is 2. The number of halogens is 1. The molecule has 5 nitrogen and oxygen atoms in total. The standard InChI is InChI=1S/C20H14FN3O2S3/c21-13-5-3-12(4-6-13)15-7-8-16(29-15)19(26)24-23-18(25)10-14-11-28-20(22-14)17-2-1-9-27-17/h1-9,11H,10H2,(H,23,25)(H,24,26). The molecule has 4 rings (SSSR count). The number of amides is 2. The van der Waals surface area contributed by atoms with Gasteiger partial charge in [0.15, 0.2) is 0 Å². The minimum Gasteiger partial charge on any atom is -0.273 e. The van der Waals surface area contributed by atoms with Crippen molar-refractivity contribution in [2.24, 2.45) is 0 Å². The van der Waals surface area contributed by atoms with E-state index in [-0.39, 0.29) is 18.1 Å². The second-order valence-electron chi connectivity index (χ2n) is 5.97. The van der Waals surface area contributed by atoms with Gasteiger partial charge in [0, 0.05) is 10.3 Å². The van der Waals surface area contributed by atoms with Crippen LogP contribution in [0.25, 0.3) is 20.3 Å². The predicted molar refractivity (Wildman–Crippen MR) is 114 cm³/mol. The summed E-state index contributed by atoms with van der Waals surface area (Å²) in [6.45, 7) is 0. The molecule has 0 spiro atoms. The number of aromatic nitrogens is 1. The first kappa shape index (κ1) is 19.4. The van der Waals surface area contributed by atoms with Crippen molar-refractivity contribution in [2.45, 2.75) is 6.42 Å². The summed E-state index contributed by atoms with van der Waals surface area (Å²) in [5.41, 5.74) is 6.31. The first-order valence-corrected chi connectivity index (χ1v) is 11.1. The summed E-state index contributed by atoms with van der Waals surface area (Å²) in [6.07, 6.45) is 0.0768. The summed E-state index contributed by atoms with van der Waals surface area (Å²) >= 11 is 4.34. The van der Waals surface area contributed by atoms with Crippen LogP contribution >= 0.6 is 34.0 Å². The van der Waals surface area contributed by atoms with Crippen molar-refractivity contribution in [3.63, 3.8) is 0 Å². The van der Waals surface area contributed by atoms with Crippen LogP contribution in [0.2, 0.25) is 0 Å². The van der Waals surface area contributed by atoms with Crippen molar-refractivity contribution in [2.75, 3.05) is 0 Å². The monoisotopic (exact) mass is 443 g/mol. The number of nitrogens with one attached hydrogen (secondary N) is 2. The molecule has 1 aromatic carbocycles. The van der Waals surface area contributed by atoms with Crippen LogP contribution in [0.15, 0.2) is 59.3 Å². The van der Waals surface area contributed by atoms with Gasteiger partial charge in [0.25, 0.3) is 5.91 Å². The first-order valence-electron chi connectivity index (χ1n) is 8.52. The van der Waals surface area contributed by atoms with Crippen LogP contribution in [0.1, 0.15) is 15.4 Å². The quantitative estimate of drug-likeness (QED) is 0.438. The fourth-order valence-corrected chi connectivity index (χ4v) is 5.07. The average molecular weight is 444 g/mol. The van der Waals surface area contributed by atoms with Crippen molar-refractivity contribution in [1.29, 1.82) is 0 Å². The number of nitrogens with zero attached hydrogens (tertiary/aromatic N) is 1. The third kappa shape index (κ3) is 4.76. The zero-order chi connectivity index (χ0) is 20.2. The maximum Gasteiger partial charge on any atom is 0.279 e. The Balaban J connectivity index is 1.31. The van der Waals surface area contributed by atoms with E-state index in [2.05, 4.69) is 15.8 Å². The number of hydrogen-bond donors (Lipinski definition) is 2. The minimum atomic E-state index is -0.408. The summed E-state index contributed by atoms with van der Waals surface area (Å²) in [5, 5.41) is 4.69. The van der Waals surface area contributed by atoms with Crippen molar-refractivity contribution in [3.05, 3.63) is 75.7 Å². The molecule has 2 amide bonds. The predicted octanol–water partition coefficient (Wildman–Crippen LogP) is 4.74. The van der Waals surface area contributed by atoms with E-state index in [9.17, 15) is 14.0 Å². The number of hydrogen-bond acceptors (Lipinski definition) is 6. The Morgan fingerprint density at radius 2 is 1.79 bits per heavy atom. The molecule has 3 aromatic heterocycles. The maximum atomic E-state index is 13.0. The summed E-state index contributed by atoms with van der Waals surface area (Å²) in [6, 6.07) is 13.4. The maximum absolute atomic E-state index is 13.0. The highest BCUT2D eigenvalue weighted by atomic mass is 32.1. The zero-order valence-electron chi connectivity index (χ0n) is 14.8. The molecule has 3 heterocycles. The van der Waals surface area contributed by atoms with E-state index < -0.39 is 5.91 Å². The fraction of sp³-hybridized carbons (Fsp3) is 0.0500. The van der Waals surface area contributed by atoms with E-state index in [1.54, 1.807) is 35.6 Å². The molecule has 0 atom stereocenters. The summed E-state index contributed by atoms with van der Waals surface area (Å²) in [4.78, 5) is 31.2. The molecule has 0 saturated carbocycles. The fourth-order valence-electron chi connectivity index (χ4n) is 2.53. The Morgan fingerprint density at radius 3 is 2.55 bits per heavy atom. The Hall–Kier alpha value is -2.88. The smallest absolute Gasteiger partial charge is 0.273 e. The zero-order valence-corrected chi connectivity index (χ0v) is 17.3. The molecule has 146 valence electrons. The van der Waals surface area contributed by atoms with Gasteiger partial charge in [-0.15, -0.1) is 34.0 Å². The van der Waals surface area contributed by atoms with Crippen molar-refractivity contribution in [3.8, 4) is 20.3 Å². The van der Waals surface area contributed by atoms with Crippen LogP contribution in [-0.2, 0) is 11.2 Å². The van der Waals surface area contributed by atoms with Gasteiger partial charge in [-0.25, -0.2) is 9.37 Å². The SMILES string of the molecule is O=C(Cc1csc(-c2cccs2)n1)NNC(=O)c1ccc(-c2ccc(F)cc2)s1. The Labute approximate surface area is 177 Å². The molecule has 0 radical (unpaired) electrons. The van der Waals surface area contributed by atoms with E-state index in [0.29, 0.717) is 10.6 Å². The van der Waals surface area contributed by atoms with Crippen LogP contribution < -0.4 is 10.9 Å². The molecule has 4 aromatic rings. The summed E-state index contributed by atoms with van der Waals surface area (Å²) in [7, 11) is 0. The summed E-state index contributed by atoms with van der Waals surface area (Å²) in [5.74, 6) is -1.07. The molecule has 0 bridgehead atoms. The van der Waals surface area contributed by atoms with Crippen LogP contribution in [0.5, 0.6) is 0 Å². The van der Waals surface area contributed by atoms with Gasteiger partial charge in [0.05, 0.1) is 21.9 Å². The number of hydrazine groups is 1. The molecule has 0 aliphatic carbocycles. The Bertz CT molecular complexity index is 1130. The van der Waals surface area contributed by atoms with Crippen LogP contribution in [0.3, 0.4) is 0 Å². The van der Waals surface area contributed by atoms with E-state index in [4.69, 9.17) is 0 Å². The van der Waals surface area contributed by atoms with E-state index in [0.717, 1.165) is 20.3 Å². The van der Waals surface area contributed by atoms with Gasteiger partial charge < -0.3 is 0 Å². The van der Waals surface area contributed by atoms with E-state index >= 15 is 0 Å². The third-order valence-corrected chi connectivity index (χ3v) is 6.96. The lowest BCUT2D eigenvalue weighted by Gasteiger charge is -2.05. The lowest BCUT2D eigenvalue weighted by Crippen LogP contribution is -2.42. The normalized spacial score (nSPS) is 10.7. The van der Waals surface area contributed by atoms with Crippen molar-refractivity contribution < 1.29 is 14.0 Å². The molecular formula is C20H14FN3O2S3. The molecule has 2 N–H and O–H groups in total. The largest absolute Gasteiger partial charge is 0.279 e. The van der Waals surface area contributed by atoms with E-state index in [1.807, 2.05) is 22.9 Å². The lowest BCUT2D eigenvalue weighted by atomic mass is 10.2. The second kappa shape index (κ2) is 8.64. The van der Waals surface area contributed by atoms with Crippen LogP contribution in [0.4, 0.5) is 4.39 Å². The first-order chi connectivity index (χ1) is 14.1. The molecule has 0 saturated heterocycles. The van der Waals surface area contributed by atoms with Gasteiger partial charge in [0.1, 0.15) is 10.8 Å². The minimum absolute atomic E-state index is 0.0768. The lowest BCUT2D eigenvalue weighted by molar-refractivity contribution is -0.121. The molecule has 0 fully saturated rings. The number of benzene rings is 1. The van der Waals surface area contributed by atoms with Gasteiger partial charge in [0.2, 0.25) is 5.91 Å².